The van der Waals surface area contributed by atoms with Gasteiger partial charge in [-0.1, -0.05) is 12.1 Å². The molecular weight excluding hydrogens is 342 g/mol. The molecule has 24 heavy (non-hydrogen) atoms. The van der Waals surface area contributed by atoms with Crippen molar-refractivity contribution in [3.8, 4) is 0 Å². The highest BCUT2D eigenvalue weighted by Gasteiger charge is 2.11. The molecule has 8 heteroatoms. The third-order valence-electron chi connectivity index (χ3n) is 3.52. The van der Waals surface area contributed by atoms with E-state index in [-0.39, 0.29) is 29.0 Å². The summed E-state index contributed by atoms with van der Waals surface area (Å²) < 4.78 is 56.7. The number of hydrogen-bond donors (Lipinski definition) is 0. The van der Waals surface area contributed by atoms with Crippen molar-refractivity contribution in [2.45, 2.75) is 13.1 Å². The van der Waals surface area contributed by atoms with Gasteiger partial charge in [0.15, 0.2) is 0 Å². The van der Waals surface area contributed by atoms with Gasteiger partial charge >= 0.3 is 0 Å². The first kappa shape index (κ1) is 16.4. The van der Waals surface area contributed by atoms with Crippen LogP contribution in [0.25, 0.3) is 0 Å². The first-order valence-electron chi connectivity index (χ1n) is 6.94. The van der Waals surface area contributed by atoms with Crippen LogP contribution in [0.5, 0.6) is 0 Å². The van der Waals surface area contributed by atoms with E-state index in [1.54, 1.807) is 0 Å². The number of aromatic nitrogens is 3. The molecule has 0 unspecified atom stereocenters. The van der Waals surface area contributed by atoms with Gasteiger partial charge in [0.25, 0.3) is 0 Å². The Bertz CT molecular complexity index is 949. The van der Waals surface area contributed by atoms with E-state index in [0.29, 0.717) is 0 Å². The van der Waals surface area contributed by atoms with E-state index < -0.39 is 23.3 Å². The molecule has 0 radical (unpaired) electrons. The minimum absolute atomic E-state index is 0.00770. The van der Waals surface area contributed by atoms with Gasteiger partial charge in [0.1, 0.15) is 29.6 Å². The maximum absolute atomic E-state index is 13.8. The van der Waals surface area contributed by atoms with E-state index >= 15 is 0 Å². The SMILES string of the molecule is Fc1ccc(Cn2cnc(=S)n2Cc2ccc(F)cc2F)c(F)c1. The molecule has 0 bridgehead atoms. The van der Waals surface area contributed by atoms with Crippen molar-refractivity contribution in [2.75, 3.05) is 0 Å². The molecule has 0 fully saturated rings. The van der Waals surface area contributed by atoms with Gasteiger partial charge in [0, 0.05) is 23.3 Å². The minimum Gasteiger partial charge on any atom is -0.267 e. The van der Waals surface area contributed by atoms with Crippen molar-refractivity contribution in [1.29, 1.82) is 0 Å². The van der Waals surface area contributed by atoms with Crippen LogP contribution in [0.4, 0.5) is 17.6 Å². The summed E-state index contributed by atoms with van der Waals surface area (Å²) in [5.41, 5.74) is 0.450. The average molecular weight is 353 g/mol. The van der Waals surface area contributed by atoms with Crippen molar-refractivity contribution >= 4 is 12.2 Å². The molecule has 0 aliphatic heterocycles. The Morgan fingerprint density at radius 2 is 1.38 bits per heavy atom. The molecule has 3 aromatic rings. The maximum atomic E-state index is 13.8. The Hall–Kier alpha value is -2.48. The minimum atomic E-state index is -0.711. The van der Waals surface area contributed by atoms with Gasteiger partial charge in [-0.05, 0) is 24.4 Å². The van der Waals surface area contributed by atoms with Gasteiger partial charge in [0.2, 0.25) is 4.77 Å². The standard InChI is InChI=1S/C16H11F4N3S/c17-12-3-1-10(14(19)5-12)7-22-9-21-16(24)23(22)8-11-2-4-13(18)6-15(11)20/h1-6,9H,7-8H2. The lowest BCUT2D eigenvalue weighted by Gasteiger charge is -2.12. The molecule has 0 aliphatic rings. The van der Waals surface area contributed by atoms with E-state index in [1.807, 2.05) is 0 Å². The molecule has 124 valence electrons. The van der Waals surface area contributed by atoms with Crippen molar-refractivity contribution in [2.24, 2.45) is 0 Å². The fourth-order valence-electron chi connectivity index (χ4n) is 2.28. The molecule has 0 spiro atoms. The summed E-state index contributed by atoms with van der Waals surface area (Å²) in [6.07, 6.45) is 1.38. The summed E-state index contributed by atoms with van der Waals surface area (Å²) in [5.74, 6) is -2.76. The Labute approximate surface area is 139 Å². The third kappa shape index (κ3) is 3.38. The summed E-state index contributed by atoms with van der Waals surface area (Å²) >= 11 is 5.09. The molecule has 0 saturated heterocycles. The van der Waals surface area contributed by atoms with Gasteiger partial charge in [-0.2, -0.15) is 0 Å². The number of halogens is 4. The number of rotatable bonds is 4. The molecule has 1 heterocycles. The molecule has 2 aromatic carbocycles. The monoisotopic (exact) mass is 353 g/mol. The van der Waals surface area contributed by atoms with Crippen LogP contribution in [0, 0.1) is 28.0 Å². The lowest BCUT2D eigenvalue weighted by atomic mass is 10.2. The fourth-order valence-corrected chi connectivity index (χ4v) is 2.49. The quantitative estimate of drug-likeness (QED) is 0.521. The molecule has 0 atom stereocenters. The van der Waals surface area contributed by atoms with Crippen LogP contribution >= 0.6 is 12.2 Å². The zero-order valence-electron chi connectivity index (χ0n) is 12.2. The second-order valence-electron chi connectivity index (χ2n) is 5.15. The Kier molecular flexibility index (Phi) is 4.48. The Morgan fingerprint density at radius 1 is 0.833 bits per heavy atom. The normalized spacial score (nSPS) is 11.0. The van der Waals surface area contributed by atoms with E-state index in [9.17, 15) is 17.6 Å². The summed E-state index contributed by atoms with van der Waals surface area (Å²) in [5, 5.41) is 0. The summed E-state index contributed by atoms with van der Waals surface area (Å²) in [6, 6.07) is 6.47. The summed E-state index contributed by atoms with van der Waals surface area (Å²) in [6.45, 7) is 0.0479. The highest BCUT2D eigenvalue weighted by Crippen LogP contribution is 2.14. The van der Waals surface area contributed by atoms with Crippen LogP contribution in [0.3, 0.4) is 0 Å². The predicted octanol–water partition coefficient (Wildman–Crippen LogP) is 4.07. The second-order valence-corrected chi connectivity index (χ2v) is 5.52. The molecule has 1 aromatic heterocycles. The Balaban J connectivity index is 1.92. The van der Waals surface area contributed by atoms with Crippen molar-refractivity contribution in [1.82, 2.24) is 14.3 Å². The average Bonchev–Trinajstić information content (AvgIpc) is 2.85. The second kappa shape index (κ2) is 6.56. The van der Waals surface area contributed by atoms with Crippen LogP contribution in [-0.4, -0.2) is 14.3 Å². The van der Waals surface area contributed by atoms with Gasteiger partial charge in [-0.15, -0.1) is 0 Å². The van der Waals surface area contributed by atoms with Crippen LogP contribution in [0.15, 0.2) is 42.7 Å². The molecule has 3 nitrogen and oxygen atoms in total. The zero-order chi connectivity index (χ0) is 17.3. The van der Waals surface area contributed by atoms with Crippen LogP contribution < -0.4 is 0 Å². The first-order valence-corrected chi connectivity index (χ1v) is 7.35. The van der Waals surface area contributed by atoms with Crippen LogP contribution in [0.1, 0.15) is 11.1 Å². The van der Waals surface area contributed by atoms with E-state index in [2.05, 4.69) is 4.98 Å². The zero-order valence-corrected chi connectivity index (χ0v) is 13.0. The van der Waals surface area contributed by atoms with Gasteiger partial charge in [-0.3, -0.25) is 9.36 Å². The molecule has 3 rings (SSSR count). The Morgan fingerprint density at radius 3 is 1.92 bits per heavy atom. The molecule has 0 N–H and O–H groups in total. The predicted molar refractivity (Wildman–Crippen MR) is 82.0 cm³/mol. The van der Waals surface area contributed by atoms with Crippen molar-refractivity contribution < 1.29 is 17.6 Å². The summed E-state index contributed by atoms with van der Waals surface area (Å²) in [4.78, 5) is 3.95. The molecule has 0 amide bonds. The summed E-state index contributed by atoms with van der Waals surface area (Å²) in [7, 11) is 0. The van der Waals surface area contributed by atoms with Crippen LogP contribution in [-0.2, 0) is 13.1 Å². The lowest BCUT2D eigenvalue weighted by Crippen LogP contribution is -2.15. The number of hydrogen-bond acceptors (Lipinski definition) is 2. The number of nitrogens with zero attached hydrogens (tertiary/aromatic N) is 3. The lowest BCUT2D eigenvalue weighted by molar-refractivity contribution is 0.480. The topological polar surface area (TPSA) is 22.8 Å². The van der Waals surface area contributed by atoms with Gasteiger partial charge in [0.05, 0.1) is 13.1 Å². The van der Waals surface area contributed by atoms with E-state index in [4.69, 9.17) is 12.2 Å². The van der Waals surface area contributed by atoms with Gasteiger partial charge in [-0.25, -0.2) is 22.5 Å². The van der Waals surface area contributed by atoms with E-state index in [1.165, 1.54) is 27.8 Å². The molecule has 0 saturated carbocycles. The highest BCUT2D eigenvalue weighted by molar-refractivity contribution is 7.71. The third-order valence-corrected chi connectivity index (χ3v) is 3.83. The largest absolute Gasteiger partial charge is 0.267 e. The van der Waals surface area contributed by atoms with E-state index in [0.717, 1.165) is 24.3 Å². The van der Waals surface area contributed by atoms with Crippen molar-refractivity contribution in [3.05, 3.63) is 81.9 Å². The maximum Gasteiger partial charge on any atom is 0.216 e. The molecule has 0 aliphatic carbocycles. The number of benzene rings is 2. The van der Waals surface area contributed by atoms with Crippen molar-refractivity contribution in [3.63, 3.8) is 0 Å². The van der Waals surface area contributed by atoms with Crippen LogP contribution in [0.2, 0.25) is 0 Å². The fraction of sp³-hybridized carbons (Fsp3) is 0.125. The first-order chi connectivity index (χ1) is 11.4. The smallest absolute Gasteiger partial charge is 0.216 e. The molecular formula is C16H11F4N3S. The highest BCUT2D eigenvalue weighted by atomic mass is 32.1. The van der Waals surface area contributed by atoms with Gasteiger partial charge < -0.3 is 0 Å².